The fourth-order valence-corrected chi connectivity index (χ4v) is 4.00. The molecule has 1 heterocycles. The number of nitrogens with one attached hydrogen (secondary N) is 1. The first-order valence-corrected chi connectivity index (χ1v) is 8.42. The van der Waals surface area contributed by atoms with Crippen molar-refractivity contribution in [1.29, 1.82) is 0 Å². The van der Waals surface area contributed by atoms with Gasteiger partial charge in [0.15, 0.2) is 9.84 Å². The van der Waals surface area contributed by atoms with Gasteiger partial charge in [0.1, 0.15) is 0 Å². The Hall–Kier alpha value is -1.36. The number of rotatable bonds is 3. The van der Waals surface area contributed by atoms with Gasteiger partial charge in [0.05, 0.1) is 17.4 Å². The van der Waals surface area contributed by atoms with Gasteiger partial charge in [-0.3, -0.25) is 4.79 Å². The predicted octanol–water partition coefficient (Wildman–Crippen LogP) is 2.01. The molecule has 1 fully saturated rings. The van der Waals surface area contributed by atoms with Crippen LogP contribution in [0, 0.1) is 5.92 Å². The number of hydrogen-bond donors (Lipinski definition) is 1. The zero-order valence-electron chi connectivity index (χ0n) is 11.1. The van der Waals surface area contributed by atoms with Crippen LogP contribution in [-0.4, -0.2) is 25.8 Å². The summed E-state index contributed by atoms with van der Waals surface area (Å²) in [7, 11) is -3.04. The molecule has 0 bridgehead atoms. The van der Waals surface area contributed by atoms with Gasteiger partial charge in [-0.25, -0.2) is 8.42 Å². The third kappa shape index (κ3) is 3.80. The Morgan fingerprint density at radius 3 is 2.58 bits per heavy atom. The van der Waals surface area contributed by atoms with Crippen molar-refractivity contribution in [2.24, 2.45) is 5.92 Å². The maximum Gasteiger partial charge on any atom is 0.228 e. The van der Waals surface area contributed by atoms with Crippen molar-refractivity contribution >= 4 is 21.4 Å². The Morgan fingerprint density at radius 2 is 2.00 bits per heavy atom. The lowest BCUT2D eigenvalue weighted by Crippen LogP contribution is -2.34. The van der Waals surface area contributed by atoms with Crippen LogP contribution in [0.3, 0.4) is 0 Å². The summed E-state index contributed by atoms with van der Waals surface area (Å²) >= 11 is 0. The number of hydrogen-bond acceptors (Lipinski definition) is 3. The number of anilines is 1. The van der Waals surface area contributed by atoms with Crippen molar-refractivity contribution in [1.82, 2.24) is 0 Å². The molecule has 5 heteroatoms. The highest BCUT2D eigenvalue weighted by Gasteiger charge is 2.29. The Morgan fingerprint density at radius 1 is 1.32 bits per heavy atom. The summed E-state index contributed by atoms with van der Waals surface area (Å²) in [6, 6.07) is 7.64. The Kier molecular flexibility index (Phi) is 4.24. The van der Waals surface area contributed by atoms with Gasteiger partial charge >= 0.3 is 0 Å². The molecule has 0 aliphatic carbocycles. The van der Waals surface area contributed by atoms with Gasteiger partial charge in [-0.1, -0.05) is 19.1 Å². The number of benzene rings is 1. The van der Waals surface area contributed by atoms with Crippen LogP contribution in [0.5, 0.6) is 0 Å². The molecule has 0 radical (unpaired) electrons. The average molecular weight is 281 g/mol. The molecule has 0 aromatic heterocycles. The third-order valence-electron chi connectivity index (χ3n) is 3.46. The fraction of sp³-hybridized carbons (Fsp3) is 0.500. The lowest BCUT2D eigenvalue weighted by Gasteiger charge is -2.21. The first kappa shape index (κ1) is 14.1. The summed E-state index contributed by atoms with van der Waals surface area (Å²) in [4.78, 5) is 12.0. The molecule has 19 heavy (non-hydrogen) atoms. The minimum atomic E-state index is -3.04. The Bertz CT molecular complexity index is 549. The lowest BCUT2D eigenvalue weighted by molar-refractivity contribution is -0.119. The van der Waals surface area contributed by atoms with Gasteiger partial charge in [-0.15, -0.1) is 0 Å². The van der Waals surface area contributed by atoms with E-state index < -0.39 is 15.8 Å². The molecule has 2 rings (SSSR count). The minimum absolute atomic E-state index is 0.0219. The predicted molar refractivity (Wildman–Crippen MR) is 75.8 cm³/mol. The van der Waals surface area contributed by atoms with E-state index in [2.05, 4.69) is 12.2 Å². The summed E-state index contributed by atoms with van der Waals surface area (Å²) in [5, 5.41) is 2.80. The summed E-state index contributed by atoms with van der Waals surface area (Å²) in [6.45, 7) is 2.07. The average Bonchev–Trinajstić information content (AvgIpc) is 2.38. The summed E-state index contributed by atoms with van der Waals surface area (Å²) in [6.07, 6.45) is 2.18. The van der Waals surface area contributed by atoms with Crippen LogP contribution in [0.25, 0.3) is 0 Å². The van der Waals surface area contributed by atoms with Gasteiger partial charge in [-0.05, 0) is 37.0 Å². The van der Waals surface area contributed by atoms with E-state index in [-0.39, 0.29) is 17.4 Å². The van der Waals surface area contributed by atoms with E-state index in [4.69, 9.17) is 0 Å². The number of carbonyl (C=O) groups is 1. The standard InChI is InChI=1S/C14H19NO3S/c1-2-11-5-7-13(8-6-11)15-14(16)12-4-3-9-19(17,18)10-12/h5-8,12H,2-4,9-10H2,1H3,(H,15,16). The van der Waals surface area contributed by atoms with Crippen LogP contribution >= 0.6 is 0 Å². The second-order valence-electron chi connectivity index (χ2n) is 4.99. The maximum atomic E-state index is 12.0. The summed E-state index contributed by atoms with van der Waals surface area (Å²) in [5.74, 6) is -0.412. The van der Waals surface area contributed by atoms with E-state index >= 15 is 0 Å². The molecule has 1 saturated heterocycles. The summed E-state index contributed by atoms with van der Waals surface area (Å²) in [5.41, 5.74) is 1.93. The van der Waals surface area contributed by atoms with E-state index in [1.54, 1.807) is 0 Å². The summed E-state index contributed by atoms with van der Waals surface area (Å²) < 4.78 is 23.0. The fourth-order valence-electron chi connectivity index (χ4n) is 2.30. The van der Waals surface area contributed by atoms with Crippen molar-refractivity contribution < 1.29 is 13.2 Å². The van der Waals surface area contributed by atoms with Gasteiger partial charge in [0.25, 0.3) is 0 Å². The molecule has 1 unspecified atom stereocenters. The second-order valence-corrected chi connectivity index (χ2v) is 7.22. The van der Waals surface area contributed by atoms with Crippen molar-refractivity contribution in [3.8, 4) is 0 Å². The van der Waals surface area contributed by atoms with Crippen LogP contribution < -0.4 is 5.32 Å². The van der Waals surface area contributed by atoms with E-state index in [1.807, 2.05) is 24.3 Å². The highest BCUT2D eigenvalue weighted by molar-refractivity contribution is 7.91. The van der Waals surface area contributed by atoms with Gasteiger partial charge in [-0.2, -0.15) is 0 Å². The maximum absolute atomic E-state index is 12.0. The smallest absolute Gasteiger partial charge is 0.228 e. The zero-order chi connectivity index (χ0) is 13.9. The molecule has 1 amide bonds. The molecule has 1 aromatic carbocycles. The number of amides is 1. The molecule has 1 aliphatic heterocycles. The van der Waals surface area contributed by atoms with Gasteiger partial charge < -0.3 is 5.32 Å². The van der Waals surface area contributed by atoms with Crippen LogP contribution in [-0.2, 0) is 21.1 Å². The Balaban J connectivity index is 2.00. The van der Waals surface area contributed by atoms with E-state index in [0.29, 0.717) is 12.8 Å². The van der Waals surface area contributed by atoms with E-state index in [9.17, 15) is 13.2 Å². The first-order valence-electron chi connectivity index (χ1n) is 6.60. The molecule has 1 N–H and O–H groups in total. The number of carbonyl (C=O) groups excluding carboxylic acids is 1. The SMILES string of the molecule is CCc1ccc(NC(=O)C2CCCS(=O)(=O)C2)cc1. The van der Waals surface area contributed by atoms with Crippen LogP contribution in [0.2, 0.25) is 0 Å². The molecule has 0 saturated carbocycles. The van der Waals surface area contributed by atoms with Crippen LogP contribution in [0.4, 0.5) is 5.69 Å². The molecule has 4 nitrogen and oxygen atoms in total. The normalized spacial score (nSPS) is 21.8. The number of aryl methyl sites for hydroxylation is 1. The van der Waals surface area contributed by atoms with E-state index in [1.165, 1.54) is 5.56 Å². The van der Waals surface area contributed by atoms with Crippen molar-refractivity contribution in [3.05, 3.63) is 29.8 Å². The van der Waals surface area contributed by atoms with Gasteiger partial charge in [0.2, 0.25) is 5.91 Å². The monoisotopic (exact) mass is 281 g/mol. The second kappa shape index (κ2) is 5.74. The molecular formula is C14H19NO3S. The van der Waals surface area contributed by atoms with Crippen molar-refractivity contribution in [2.75, 3.05) is 16.8 Å². The number of sulfone groups is 1. The molecule has 1 aromatic rings. The molecule has 104 valence electrons. The molecule has 0 spiro atoms. The zero-order valence-corrected chi connectivity index (χ0v) is 11.9. The minimum Gasteiger partial charge on any atom is -0.326 e. The topological polar surface area (TPSA) is 63.2 Å². The van der Waals surface area contributed by atoms with Crippen molar-refractivity contribution in [3.63, 3.8) is 0 Å². The van der Waals surface area contributed by atoms with Crippen LogP contribution in [0.15, 0.2) is 24.3 Å². The first-order chi connectivity index (χ1) is 9.00. The van der Waals surface area contributed by atoms with Gasteiger partial charge in [0, 0.05) is 5.69 Å². The van der Waals surface area contributed by atoms with Crippen molar-refractivity contribution in [2.45, 2.75) is 26.2 Å². The highest BCUT2D eigenvalue weighted by atomic mass is 32.2. The third-order valence-corrected chi connectivity index (χ3v) is 5.28. The molecular weight excluding hydrogens is 262 g/mol. The molecule has 1 atom stereocenters. The lowest BCUT2D eigenvalue weighted by atomic mass is 10.0. The van der Waals surface area contributed by atoms with E-state index in [0.717, 1.165) is 12.1 Å². The quantitative estimate of drug-likeness (QED) is 0.922. The highest BCUT2D eigenvalue weighted by Crippen LogP contribution is 2.20. The Labute approximate surface area is 114 Å². The van der Waals surface area contributed by atoms with Crippen LogP contribution in [0.1, 0.15) is 25.3 Å². The molecule has 1 aliphatic rings. The largest absolute Gasteiger partial charge is 0.326 e.